The minimum atomic E-state index is -0.391. The van der Waals surface area contributed by atoms with Gasteiger partial charge in [0, 0.05) is 22.9 Å². The van der Waals surface area contributed by atoms with Crippen LogP contribution in [0.2, 0.25) is 0 Å². The van der Waals surface area contributed by atoms with E-state index in [0.717, 1.165) is 51.3 Å². The lowest BCUT2D eigenvalue weighted by molar-refractivity contribution is -0.136. The highest BCUT2D eigenvalue weighted by Crippen LogP contribution is 2.33. The van der Waals surface area contributed by atoms with Crippen LogP contribution in [0.3, 0.4) is 0 Å². The van der Waals surface area contributed by atoms with Gasteiger partial charge in [-0.05, 0) is 66.9 Å². The van der Waals surface area contributed by atoms with E-state index >= 15 is 0 Å². The van der Waals surface area contributed by atoms with Crippen molar-refractivity contribution in [3.05, 3.63) is 65.1 Å². The topological polar surface area (TPSA) is 57.7 Å². The van der Waals surface area contributed by atoms with Crippen LogP contribution >= 0.6 is 23.5 Å². The van der Waals surface area contributed by atoms with Crippen molar-refractivity contribution >= 4 is 46.7 Å². The van der Waals surface area contributed by atoms with Gasteiger partial charge in [-0.15, -0.1) is 0 Å². The number of likely N-dealkylation sites (tertiary alicyclic amines) is 1. The molecule has 2 aliphatic heterocycles. The molecule has 0 atom stereocenters. The lowest BCUT2D eigenvalue weighted by atomic mass is 10.1. The highest BCUT2D eigenvalue weighted by molar-refractivity contribution is 8.18. The molecule has 154 valence electrons. The number of carbonyl (C=O) groups is 3. The Labute approximate surface area is 184 Å². The number of amides is 3. The summed E-state index contributed by atoms with van der Waals surface area (Å²) in [4.78, 5) is 42.9. The average Bonchev–Trinajstić information content (AvgIpc) is 3.04. The number of hydrogen-bond acceptors (Lipinski definition) is 5. The van der Waals surface area contributed by atoms with Crippen LogP contribution < -0.4 is 0 Å². The van der Waals surface area contributed by atoms with Gasteiger partial charge in [-0.25, -0.2) is 0 Å². The average molecular weight is 439 g/mol. The maximum atomic E-state index is 12.7. The van der Waals surface area contributed by atoms with Crippen LogP contribution in [-0.4, -0.2) is 46.5 Å². The minimum absolute atomic E-state index is 0.152. The lowest BCUT2D eigenvalue weighted by Gasteiger charge is -2.27. The fourth-order valence-corrected chi connectivity index (χ4v) is 5.10. The molecule has 0 aliphatic carbocycles. The first-order valence-electron chi connectivity index (χ1n) is 9.96. The molecule has 0 aromatic heterocycles. The van der Waals surface area contributed by atoms with Gasteiger partial charge < -0.3 is 4.90 Å². The molecule has 2 aliphatic rings. The van der Waals surface area contributed by atoms with E-state index in [1.807, 2.05) is 42.5 Å². The maximum absolute atomic E-state index is 12.7. The third-order valence-electron chi connectivity index (χ3n) is 5.03. The molecule has 2 saturated heterocycles. The van der Waals surface area contributed by atoms with E-state index in [4.69, 9.17) is 0 Å². The molecule has 5 nitrogen and oxygen atoms in total. The summed E-state index contributed by atoms with van der Waals surface area (Å²) in [6.07, 6.45) is 4.79. The van der Waals surface area contributed by atoms with Crippen LogP contribution in [0.5, 0.6) is 0 Å². The van der Waals surface area contributed by atoms with E-state index in [1.165, 1.54) is 0 Å². The van der Waals surface area contributed by atoms with Crippen LogP contribution in [0.4, 0.5) is 4.79 Å². The van der Waals surface area contributed by atoms with Gasteiger partial charge in [-0.2, -0.15) is 0 Å². The molecule has 0 spiro atoms. The van der Waals surface area contributed by atoms with Gasteiger partial charge >= 0.3 is 0 Å². The van der Waals surface area contributed by atoms with Gasteiger partial charge in [0.2, 0.25) is 5.91 Å². The molecule has 30 heavy (non-hydrogen) atoms. The Morgan fingerprint density at radius 2 is 1.60 bits per heavy atom. The molecular formula is C23H22N2O3S2. The van der Waals surface area contributed by atoms with Gasteiger partial charge in [0.15, 0.2) is 0 Å². The second-order valence-electron chi connectivity index (χ2n) is 7.19. The zero-order valence-electron chi connectivity index (χ0n) is 16.5. The Bertz CT molecular complexity index is 968. The number of rotatable bonds is 5. The van der Waals surface area contributed by atoms with Gasteiger partial charge in [0.25, 0.3) is 11.1 Å². The van der Waals surface area contributed by atoms with E-state index in [0.29, 0.717) is 18.0 Å². The third-order valence-corrected chi connectivity index (χ3v) is 6.96. The van der Waals surface area contributed by atoms with E-state index in [1.54, 1.807) is 22.7 Å². The first-order chi connectivity index (χ1) is 14.6. The van der Waals surface area contributed by atoms with Gasteiger partial charge in [-0.1, -0.05) is 42.1 Å². The highest BCUT2D eigenvalue weighted by Gasteiger charge is 2.37. The fourth-order valence-electron chi connectivity index (χ4n) is 3.42. The Balaban J connectivity index is 1.40. The van der Waals surface area contributed by atoms with Crippen molar-refractivity contribution in [1.29, 1.82) is 0 Å². The molecule has 7 heteroatoms. The number of benzene rings is 2. The molecule has 3 amide bonds. The zero-order chi connectivity index (χ0) is 20.9. The summed E-state index contributed by atoms with van der Waals surface area (Å²) in [7, 11) is 0. The number of thioether (sulfide) groups is 1. The van der Waals surface area contributed by atoms with Gasteiger partial charge in [0.05, 0.1) is 4.91 Å². The predicted octanol–water partition coefficient (Wildman–Crippen LogP) is 4.89. The third kappa shape index (κ3) is 4.96. The Morgan fingerprint density at radius 1 is 0.933 bits per heavy atom. The summed E-state index contributed by atoms with van der Waals surface area (Å²) in [6, 6.07) is 17.9. The molecule has 2 heterocycles. The molecule has 0 unspecified atom stereocenters. The standard InChI is InChI=1S/C23H22N2O3S2/c26-21(24-13-5-2-6-14-24)16-25-22(27)20(30-23(25)28)15-17-9-11-19(12-10-17)29-18-7-3-1-4-8-18/h1,3-4,7-12,15H,2,5-6,13-14,16H2/b20-15-. The van der Waals surface area contributed by atoms with Crippen molar-refractivity contribution < 1.29 is 14.4 Å². The van der Waals surface area contributed by atoms with E-state index in [-0.39, 0.29) is 17.7 Å². The minimum Gasteiger partial charge on any atom is -0.341 e. The normalized spacial score (nSPS) is 18.3. The van der Waals surface area contributed by atoms with Crippen LogP contribution in [0, 0.1) is 0 Å². The fraction of sp³-hybridized carbons (Fsp3) is 0.261. The summed E-state index contributed by atoms with van der Waals surface area (Å²) in [5, 5.41) is -0.382. The number of piperidine rings is 1. The quantitative estimate of drug-likeness (QED) is 0.623. The molecule has 0 saturated carbocycles. The first-order valence-corrected chi connectivity index (χ1v) is 11.6. The Morgan fingerprint density at radius 3 is 2.30 bits per heavy atom. The number of nitrogens with zero attached hydrogens (tertiary/aromatic N) is 2. The van der Waals surface area contributed by atoms with Crippen molar-refractivity contribution in [2.24, 2.45) is 0 Å². The summed E-state index contributed by atoms with van der Waals surface area (Å²) < 4.78 is 0. The van der Waals surface area contributed by atoms with Gasteiger partial charge in [0.1, 0.15) is 6.54 Å². The van der Waals surface area contributed by atoms with Crippen LogP contribution in [0.25, 0.3) is 6.08 Å². The van der Waals surface area contributed by atoms with Crippen molar-refractivity contribution in [3.63, 3.8) is 0 Å². The van der Waals surface area contributed by atoms with Gasteiger partial charge in [-0.3, -0.25) is 19.3 Å². The van der Waals surface area contributed by atoms with E-state index in [9.17, 15) is 14.4 Å². The Hall–Kier alpha value is -2.51. The Kier molecular flexibility index (Phi) is 6.59. The zero-order valence-corrected chi connectivity index (χ0v) is 18.1. The molecule has 0 radical (unpaired) electrons. The summed E-state index contributed by atoms with van der Waals surface area (Å²) in [5.74, 6) is -0.543. The molecule has 2 aromatic carbocycles. The van der Waals surface area contributed by atoms with Crippen molar-refractivity contribution in [2.45, 2.75) is 29.1 Å². The number of hydrogen-bond donors (Lipinski definition) is 0. The highest BCUT2D eigenvalue weighted by atomic mass is 32.2. The molecule has 2 aromatic rings. The number of carbonyl (C=O) groups excluding carboxylic acids is 3. The second kappa shape index (κ2) is 9.53. The summed E-state index contributed by atoms with van der Waals surface area (Å²) in [5.41, 5.74) is 0.847. The van der Waals surface area contributed by atoms with Crippen molar-refractivity contribution in [1.82, 2.24) is 9.80 Å². The van der Waals surface area contributed by atoms with Crippen LogP contribution in [-0.2, 0) is 9.59 Å². The van der Waals surface area contributed by atoms with E-state index < -0.39 is 5.91 Å². The van der Waals surface area contributed by atoms with Crippen molar-refractivity contribution in [3.8, 4) is 0 Å². The summed E-state index contributed by atoms with van der Waals surface area (Å²) >= 11 is 2.56. The molecular weight excluding hydrogens is 416 g/mol. The largest absolute Gasteiger partial charge is 0.341 e. The van der Waals surface area contributed by atoms with Crippen LogP contribution in [0.1, 0.15) is 24.8 Å². The van der Waals surface area contributed by atoms with E-state index in [2.05, 4.69) is 12.1 Å². The maximum Gasteiger partial charge on any atom is 0.294 e. The lowest BCUT2D eigenvalue weighted by Crippen LogP contribution is -2.44. The molecule has 0 N–H and O–H groups in total. The molecule has 2 fully saturated rings. The van der Waals surface area contributed by atoms with Crippen LogP contribution in [0.15, 0.2) is 69.3 Å². The monoisotopic (exact) mass is 438 g/mol. The second-order valence-corrected chi connectivity index (χ2v) is 9.33. The number of imide groups is 1. The molecule has 0 bridgehead atoms. The smallest absolute Gasteiger partial charge is 0.294 e. The molecule has 4 rings (SSSR count). The SMILES string of the molecule is O=C(CN1C(=O)S/C(=C\c2ccc(Sc3ccccc3)cc2)C1=O)N1CCCCC1. The predicted molar refractivity (Wildman–Crippen MR) is 120 cm³/mol. The summed E-state index contributed by atoms with van der Waals surface area (Å²) in [6.45, 7) is 1.24. The van der Waals surface area contributed by atoms with Crippen molar-refractivity contribution in [2.75, 3.05) is 19.6 Å². The first kappa shape index (κ1) is 20.8.